The van der Waals surface area contributed by atoms with E-state index in [0.717, 1.165) is 43.4 Å². The number of nitrogens with zero attached hydrogens (tertiary/aromatic N) is 1. The third-order valence-corrected chi connectivity index (χ3v) is 7.37. The highest BCUT2D eigenvalue weighted by atomic mass is 19.4. The van der Waals surface area contributed by atoms with Crippen molar-refractivity contribution in [2.24, 2.45) is 0 Å². The van der Waals surface area contributed by atoms with Gasteiger partial charge in [-0.25, -0.2) is 9.59 Å². The Balaban J connectivity index is 1.26. The summed E-state index contributed by atoms with van der Waals surface area (Å²) in [5.41, 5.74) is 0.560. The monoisotopic (exact) mass is 559 g/mol. The first-order valence-electron chi connectivity index (χ1n) is 13.7. The van der Waals surface area contributed by atoms with Gasteiger partial charge >= 0.3 is 18.2 Å². The lowest BCUT2D eigenvalue weighted by molar-refractivity contribution is -0.137. The van der Waals surface area contributed by atoms with Gasteiger partial charge in [-0.05, 0) is 107 Å². The number of rotatable bonds is 5. The van der Waals surface area contributed by atoms with Gasteiger partial charge in [0, 0.05) is 18.3 Å². The lowest BCUT2D eigenvalue weighted by Gasteiger charge is -2.31. The molecule has 1 atom stereocenters. The molecule has 1 aliphatic heterocycles. The van der Waals surface area contributed by atoms with Crippen LogP contribution in [-0.4, -0.2) is 47.0 Å². The Morgan fingerprint density at radius 1 is 0.875 bits per heavy atom. The van der Waals surface area contributed by atoms with E-state index in [-0.39, 0.29) is 23.6 Å². The first-order chi connectivity index (χ1) is 18.8. The number of esters is 1. The van der Waals surface area contributed by atoms with Crippen molar-refractivity contribution in [1.82, 2.24) is 10.2 Å². The first-order valence-corrected chi connectivity index (χ1v) is 13.7. The van der Waals surface area contributed by atoms with Crippen LogP contribution in [0.15, 0.2) is 48.5 Å². The van der Waals surface area contributed by atoms with Gasteiger partial charge in [-0.2, -0.15) is 13.2 Å². The second kappa shape index (κ2) is 11.9. The molecule has 1 saturated carbocycles. The summed E-state index contributed by atoms with van der Waals surface area (Å²) in [4.78, 5) is 39.6. The van der Waals surface area contributed by atoms with Gasteiger partial charge in [0.15, 0.2) is 0 Å². The summed E-state index contributed by atoms with van der Waals surface area (Å²) in [6.07, 6.45) is 0.130. The largest absolute Gasteiger partial charge is 0.456 e. The van der Waals surface area contributed by atoms with E-state index in [1.54, 1.807) is 12.1 Å². The lowest BCUT2D eigenvalue weighted by Crippen LogP contribution is -2.50. The fourth-order valence-electron chi connectivity index (χ4n) is 5.32. The molecule has 2 N–H and O–H groups in total. The molecule has 40 heavy (non-hydrogen) atoms. The smallest absolute Gasteiger partial charge is 0.416 e. The second-order valence-corrected chi connectivity index (χ2v) is 11.5. The van der Waals surface area contributed by atoms with Crippen LogP contribution in [0.4, 0.5) is 23.7 Å². The van der Waals surface area contributed by atoms with E-state index in [1.165, 1.54) is 17.0 Å². The molecule has 2 aliphatic rings. The van der Waals surface area contributed by atoms with Gasteiger partial charge in [0.1, 0.15) is 11.6 Å². The first kappa shape index (κ1) is 29.4. The van der Waals surface area contributed by atoms with Crippen molar-refractivity contribution in [2.75, 3.05) is 11.9 Å². The average Bonchev–Trinajstić information content (AvgIpc) is 3.39. The number of urea groups is 1. The van der Waals surface area contributed by atoms with E-state index < -0.39 is 29.4 Å². The summed E-state index contributed by atoms with van der Waals surface area (Å²) in [5, 5.41) is 5.71. The van der Waals surface area contributed by atoms with Crippen LogP contribution < -0.4 is 10.6 Å². The van der Waals surface area contributed by atoms with Crippen molar-refractivity contribution in [3.8, 4) is 0 Å². The van der Waals surface area contributed by atoms with Crippen LogP contribution in [0.3, 0.4) is 0 Å². The topological polar surface area (TPSA) is 87.7 Å². The van der Waals surface area contributed by atoms with Crippen LogP contribution >= 0.6 is 0 Å². The molecule has 0 aromatic heterocycles. The molecule has 2 aromatic carbocycles. The van der Waals surface area contributed by atoms with Gasteiger partial charge in [-0.3, -0.25) is 4.79 Å². The Hall–Kier alpha value is -3.56. The molecule has 1 aliphatic carbocycles. The molecule has 1 saturated heterocycles. The summed E-state index contributed by atoms with van der Waals surface area (Å²) >= 11 is 0. The zero-order valence-corrected chi connectivity index (χ0v) is 23.0. The molecule has 0 radical (unpaired) electrons. The Bertz CT molecular complexity index is 1200. The zero-order valence-electron chi connectivity index (χ0n) is 23.0. The Labute approximate surface area is 232 Å². The highest BCUT2D eigenvalue weighted by molar-refractivity contribution is 5.94. The van der Waals surface area contributed by atoms with E-state index in [9.17, 15) is 27.6 Å². The molecule has 2 fully saturated rings. The summed E-state index contributed by atoms with van der Waals surface area (Å²) in [5.74, 6) is -0.219. The Morgan fingerprint density at radius 3 is 2.08 bits per heavy atom. The number of nitrogens with one attached hydrogen (secondary N) is 2. The Kier molecular flexibility index (Phi) is 8.75. The standard InChI is InChI=1S/C30H36F3N3O4/c1-29(2,3)40-27(38)21-8-6-19(7-9-21)20-10-14-23(15-11-20)34-26(37)25-5-4-18-36(25)28(39)35-24-16-12-22(13-17-24)30(31,32)33/h6-9,12-13,16-17,20,23,25H,4-5,10-11,14-15,18H2,1-3H3,(H,34,37)(H,35,39)/t20?,23?,25-/m1/s1. The predicted octanol–water partition coefficient (Wildman–Crippen LogP) is 6.50. The number of halogens is 3. The van der Waals surface area contributed by atoms with Crippen molar-refractivity contribution in [3.63, 3.8) is 0 Å². The molecule has 4 rings (SSSR count). The minimum atomic E-state index is -4.45. The number of alkyl halides is 3. The number of benzene rings is 2. The van der Waals surface area contributed by atoms with Gasteiger partial charge in [0.05, 0.1) is 11.1 Å². The average molecular weight is 560 g/mol. The molecule has 0 spiro atoms. The number of carbonyl (C=O) groups excluding carboxylic acids is 3. The van der Waals surface area contributed by atoms with Gasteiger partial charge in [-0.1, -0.05) is 12.1 Å². The molecule has 0 unspecified atom stereocenters. The van der Waals surface area contributed by atoms with Crippen LogP contribution in [0.5, 0.6) is 0 Å². The van der Waals surface area contributed by atoms with Crippen molar-refractivity contribution in [3.05, 3.63) is 65.2 Å². The third kappa shape index (κ3) is 7.55. The normalized spacial score (nSPS) is 21.6. The van der Waals surface area contributed by atoms with Crippen LogP contribution in [0.2, 0.25) is 0 Å². The molecule has 0 bridgehead atoms. The zero-order chi connectivity index (χ0) is 29.1. The maximum absolute atomic E-state index is 13.1. The number of carbonyl (C=O) groups is 3. The molecule has 3 amide bonds. The van der Waals surface area contributed by atoms with Crippen molar-refractivity contribution in [2.45, 2.75) is 89.1 Å². The van der Waals surface area contributed by atoms with E-state index in [4.69, 9.17) is 4.74 Å². The lowest BCUT2D eigenvalue weighted by atomic mass is 9.81. The summed E-state index contributed by atoms with van der Waals surface area (Å²) < 4.78 is 43.8. The predicted molar refractivity (Wildman–Crippen MR) is 145 cm³/mol. The fourth-order valence-corrected chi connectivity index (χ4v) is 5.32. The van der Waals surface area contributed by atoms with Gasteiger partial charge in [0.2, 0.25) is 5.91 Å². The van der Waals surface area contributed by atoms with Crippen LogP contribution in [0, 0.1) is 0 Å². The van der Waals surface area contributed by atoms with Gasteiger partial charge < -0.3 is 20.3 Å². The maximum atomic E-state index is 13.1. The number of hydrogen-bond donors (Lipinski definition) is 2. The fraction of sp³-hybridized carbons (Fsp3) is 0.500. The molecule has 7 nitrogen and oxygen atoms in total. The van der Waals surface area contributed by atoms with Crippen LogP contribution in [0.25, 0.3) is 0 Å². The van der Waals surface area contributed by atoms with Crippen molar-refractivity contribution >= 4 is 23.6 Å². The highest BCUT2D eigenvalue weighted by Gasteiger charge is 2.36. The van der Waals surface area contributed by atoms with Gasteiger partial charge in [-0.15, -0.1) is 0 Å². The van der Waals surface area contributed by atoms with Crippen molar-refractivity contribution < 1.29 is 32.3 Å². The summed E-state index contributed by atoms with van der Waals surface area (Å²) in [6, 6.07) is 10.6. The molecule has 216 valence electrons. The quantitative estimate of drug-likeness (QED) is 0.410. The third-order valence-electron chi connectivity index (χ3n) is 7.37. The number of anilines is 1. The highest BCUT2D eigenvalue weighted by Crippen LogP contribution is 2.34. The molecular weight excluding hydrogens is 523 g/mol. The van der Waals surface area contributed by atoms with Crippen LogP contribution in [-0.2, 0) is 15.7 Å². The SMILES string of the molecule is CC(C)(C)OC(=O)c1ccc(C2CCC(NC(=O)[C@H]3CCCN3C(=O)Nc3ccc(C(F)(F)F)cc3)CC2)cc1. The summed E-state index contributed by atoms with van der Waals surface area (Å²) in [6.45, 7) is 5.90. The summed E-state index contributed by atoms with van der Waals surface area (Å²) in [7, 11) is 0. The minimum Gasteiger partial charge on any atom is -0.456 e. The van der Waals surface area contributed by atoms with E-state index in [0.29, 0.717) is 30.9 Å². The Morgan fingerprint density at radius 2 is 1.50 bits per heavy atom. The number of amides is 3. The van der Waals surface area contributed by atoms with E-state index in [1.807, 2.05) is 32.9 Å². The number of likely N-dealkylation sites (tertiary alicyclic amines) is 1. The molecular formula is C30H36F3N3O4. The maximum Gasteiger partial charge on any atom is 0.416 e. The molecule has 10 heteroatoms. The number of ether oxygens (including phenoxy) is 1. The molecule has 2 aromatic rings. The van der Waals surface area contributed by atoms with E-state index >= 15 is 0 Å². The number of hydrogen-bond acceptors (Lipinski definition) is 4. The van der Waals surface area contributed by atoms with Gasteiger partial charge in [0.25, 0.3) is 0 Å². The minimum absolute atomic E-state index is 0.00482. The van der Waals surface area contributed by atoms with Crippen molar-refractivity contribution in [1.29, 1.82) is 0 Å². The molecule has 1 heterocycles. The van der Waals surface area contributed by atoms with E-state index in [2.05, 4.69) is 10.6 Å². The second-order valence-electron chi connectivity index (χ2n) is 11.5. The van der Waals surface area contributed by atoms with Crippen LogP contribution in [0.1, 0.15) is 86.7 Å².